The predicted octanol–water partition coefficient (Wildman–Crippen LogP) is 3.63. The summed E-state index contributed by atoms with van der Waals surface area (Å²) in [5.74, 6) is -0.312. The molecular weight excluding hydrogens is 390 g/mol. The first-order valence-corrected chi connectivity index (χ1v) is 11.3. The standard InChI is InChI=1S/C25H37N3O3/c1-16(2)24(30)20(9-7-13-27-25(26)31)15-23(29)22(28-17(3)4)14-19-12-11-18-8-5-6-10-21(18)19/h5-6,8,10,12,16-17,20,22,28H,7,9,11,13-15H2,1-4H3,(H3,26,27,31)/t20-,22-/m0/s1. The van der Waals surface area contributed by atoms with Crippen LogP contribution in [0.5, 0.6) is 0 Å². The largest absolute Gasteiger partial charge is 0.352 e. The Balaban J connectivity index is 2.08. The highest BCUT2D eigenvalue weighted by Crippen LogP contribution is 2.31. The van der Waals surface area contributed by atoms with E-state index < -0.39 is 6.03 Å². The molecule has 4 N–H and O–H groups in total. The Morgan fingerprint density at radius 3 is 2.45 bits per heavy atom. The molecule has 1 aromatic rings. The summed E-state index contributed by atoms with van der Waals surface area (Å²) < 4.78 is 0. The maximum absolute atomic E-state index is 13.3. The molecule has 6 nitrogen and oxygen atoms in total. The van der Waals surface area contributed by atoms with Crippen molar-refractivity contribution in [3.05, 3.63) is 41.5 Å². The summed E-state index contributed by atoms with van der Waals surface area (Å²) in [6.07, 6.45) is 5.12. The molecule has 170 valence electrons. The van der Waals surface area contributed by atoms with Crippen LogP contribution in [0.15, 0.2) is 30.3 Å². The van der Waals surface area contributed by atoms with Gasteiger partial charge in [-0.1, -0.05) is 58.0 Å². The van der Waals surface area contributed by atoms with E-state index in [1.807, 2.05) is 39.8 Å². The minimum absolute atomic E-state index is 0.0702. The lowest BCUT2D eigenvalue weighted by Crippen LogP contribution is -2.42. The van der Waals surface area contributed by atoms with Gasteiger partial charge < -0.3 is 16.4 Å². The first-order chi connectivity index (χ1) is 14.7. The summed E-state index contributed by atoms with van der Waals surface area (Å²) in [5, 5.41) is 5.97. The number of primary amides is 1. The number of hydrogen-bond acceptors (Lipinski definition) is 4. The molecule has 2 amide bonds. The fourth-order valence-electron chi connectivity index (χ4n) is 4.20. The molecule has 2 rings (SSSR count). The molecule has 0 saturated carbocycles. The molecule has 0 saturated heterocycles. The summed E-state index contributed by atoms with van der Waals surface area (Å²) in [6.45, 7) is 8.20. The predicted molar refractivity (Wildman–Crippen MR) is 125 cm³/mol. The third kappa shape index (κ3) is 7.62. The first kappa shape index (κ1) is 24.8. The highest BCUT2D eigenvalue weighted by molar-refractivity contribution is 5.92. The summed E-state index contributed by atoms with van der Waals surface area (Å²) in [5.41, 5.74) is 8.82. The molecule has 1 aliphatic rings. The van der Waals surface area contributed by atoms with Crippen molar-refractivity contribution in [3.8, 4) is 0 Å². The van der Waals surface area contributed by atoms with E-state index in [0.717, 1.165) is 6.42 Å². The number of nitrogens with one attached hydrogen (secondary N) is 2. The Hall–Kier alpha value is -2.47. The molecule has 0 spiro atoms. The molecule has 0 bridgehead atoms. The minimum Gasteiger partial charge on any atom is -0.352 e. The molecule has 0 heterocycles. The molecule has 2 atom stereocenters. The molecular formula is C25H37N3O3. The van der Waals surface area contributed by atoms with Gasteiger partial charge in [0.05, 0.1) is 6.04 Å². The van der Waals surface area contributed by atoms with Gasteiger partial charge in [-0.05, 0) is 42.4 Å². The van der Waals surface area contributed by atoms with Crippen molar-refractivity contribution in [3.63, 3.8) is 0 Å². The Bertz CT molecular complexity index is 814. The summed E-state index contributed by atoms with van der Waals surface area (Å²) in [4.78, 5) is 37.0. The van der Waals surface area contributed by atoms with Crippen LogP contribution >= 0.6 is 0 Å². The summed E-state index contributed by atoms with van der Waals surface area (Å²) in [6, 6.07) is 7.57. The Morgan fingerprint density at radius 2 is 1.81 bits per heavy atom. The number of hydrogen-bond donors (Lipinski definition) is 3. The van der Waals surface area contributed by atoms with Gasteiger partial charge in [-0.2, -0.15) is 0 Å². The number of allylic oxidation sites excluding steroid dienone is 1. The van der Waals surface area contributed by atoms with Crippen LogP contribution in [-0.2, 0) is 16.0 Å². The van der Waals surface area contributed by atoms with Crippen LogP contribution in [0.25, 0.3) is 5.57 Å². The number of carbonyl (C=O) groups excluding carboxylic acids is 3. The third-order valence-electron chi connectivity index (χ3n) is 5.73. The van der Waals surface area contributed by atoms with E-state index in [2.05, 4.69) is 28.8 Å². The number of carbonyl (C=O) groups is 3. The highest BCUT2D eigenvalue weighted by Gasteiger charge is 2.29. The Labute approximate surface area is 186 Å². The normalized spacial score (nSPS) is 14.8. The van der Waals surface area contributed by atoms with E-state index in [4.69, 9.17) is 5.73 Å². The van der Waals surface area contributed by atoms with Crippen molar-refractivity contribution in [2.75, 3.05) is 6.54 Å². The van der Waals surface area contributed by atoms with Gasteiger partial charge in [0.2, 0.25) is 0 Å². The van der Waals surface area contributed by atoms with Gasteiger partial charge in [0.15, 0.2) is 5.78 Å². The molecule has 0 fully saturated rings. The van der Waals surface area contributed by atoms with Gasteiger partial charge in [-0.25, -0.2) is 4.79 Å². The zero-order chi connectivity index (χ0) is 23.0. The fraction of sp³-hybridized carbons (Fsp3) is 0.560. The van der Waals surface area contributed by atoms with Crippen molar-refractivity contribution in [2.45, 2.75) is 71.9 Å². The molecule has 1 aromatic carbocycles. The van der Waals surface area contributed by atoms with Gasteiger partial charge in [-0.15, -0.1) is 0 Å². The molecule has 0 aliphatic heterocycles. The number of amides is 2. The maximum Gasteiger partial charge on any atom is 0.312 e. The second-order valence-electron chi connectivity index (χ2n) is 9.03. The van der Waals surface area contributed by atoms with E-state index >= 15 is 0 Å². The van der Waals surface area contributed by atoms with Crippen LogP contribution in [0.1, 0.15) is 64.5 Å². The van der Waals surface area contributed by atoms with Crippen LogP contribution in [0.4, 0.5) is 4.79 Å². The number of fused-ring (bicyclic) bond motifs is 1. The number of rotatable bonds is 13. The van der Waals surface area contributed by atoms with E-state index in [0.29, 0.717) is 25.8 Å². The molecule has 1 aliphatic carbocycles. The lowest BCUT2D eigenvalue weighted by atomic mass is 9.84. The van der Waals surface area contributed by atoms with Gasteiger partial charge in [0.1, 0.15) is 5.78 Å². The highest BCUT2D eigenvalue weighted by atomic mass is 16.2. The van der Waals surface area contributed by atoms with Gasteiger partial charge in [-0.3, -0.25) is 9.59 Å². The Morgan fingerprint density at radius 1 is 1.10 bits per heavy atom. The number of benzene rings is 1. The zero-order valence-electron chi connectivity index (χ0n) is 19.2. The van der Waals surface area contributed by atoms with Crippen LogP contribution in [0, 0.1) is 11.8 Å². The zero-order valence-corrected chi connectivity index (χ0v) is 19.2. The first-order valence-electron chi connectivity index (χ1n) is 11.3. The fourth-order valence-corrected chi connectivity index (χ4v) is 4.20. The smallest absolute Gasteiger partial charge is 0.312 e. The monoisotopic (exact) mass is 427 g/mol. The van der Waals surface area contributed by atoms with Crippen molar-refractivity contribution >= 4 is 23.2 Å². The molecule has 0 aromatic heterocycles. The second kappa shape index (κ2) is 11.8. The summed E-state index contributed by atoms with van der Waals surface area (Å²) >= 11 is 0. The number of Topliss-reactive ketones (excluding diaryl/α,β-unsaturated/α-hetero) is 2. The SMILES string of the molecule is CC(C)N[C@@H](CC1=CCc2ccccc21)C(=O)C[C@H](CCCNC(N)=O)C(=O)C(C)C. The van der Waals surface area contributed by atoms with Gasteiger partial charge in [0.25, 0.3) is 0 Å². The van der Waals surface area contributed by atoms with E-state index in [1.54, 1.807) is 0 Å². The van der Waals surface area contributed by atoms with Crippen LogP contribution < -0.4 is 16.4 Å². The van der Waals surface area contributed by atoms with E-state index in [-0.39, 0.29) is 41.9 Å². The number of ketones is 2. The average Bonchev–Trinajstić information content (AvgIpc) is 3.11. The second-order valence-corrected chi connectivity index (χ2v) is 9.03. The van der Waals surface area contributed by atoms with Crippen molar-refractivity contribution in [1.29, 1.82) is 0 Å². The number of urea groups is 1. The van der Waals surface area contributed by atoms with Crippen LogP contribution in [-0.4, -0.2) is 36.2 Å². The molecule has 0 radical (unpaired) electrons. The minimum atomic E-state index is -0.575. The topological polar surface area (TPSA) is 101 Å². The van der Waals surface area contributed by atoms with E-state index in [9.17, 15) is 14.4 Å². The van der Waals surface area contributed by atoms with Gasteiger partial charge >= 0.3 is 6.03 Å². The van der Waals surface area contributed by atoms with Crippen LogP contribution in [0.2, 0.25) is 0 Å². The Kier molecular flexibility index (Phi) is 9.44. The number of nitrogens with two attached hydrogens (primary N) is 1. The lowest BCUT2D eigenvalue weighted by molar-refractivity contribution is -0.131. The lowest BCUT2D eigenvalue weighted by Gasteiger charge is -2.24. The van der Waals surface area contributed by atoms with Crippen molar-refractivity contribution in [2.24, 2.45) is 17.6 Å². The molecule has 6 heteroatoms. The van der Waals surface area contributed by atoms with Gasteiger partial charge in [0, 0.05) is 30.8 Å². The van der Waals surface area contributed by atoms with Crippen molar-refractivity contribution < 1.29 is 14.4 Å². The maximum atomic E-state index is 13.3. The molecule has 31 heavy (non-hydrogen) atoms. The third-order valence-corrected chi connectivity index (χ3v) is 5.73. The summed E-state index contributed by atoms with van der Waals surface area (Å²) in [7, 11) is 0. The quantitative estimate of drug-likeness (QED) is 0.418. The van der Waals surface area contributed by atoms with Crippen molar-refractivity contribution in [1.82, 2.24) is 10.6 Å². The molecule has 0 unspecified atom stereocenters. The van der Waals surface area contributed by atoms with E-state index in [1.165, 1.54) is 16.7 Å². The average molecular weight is 428 g/mol. The van der Waals surface area contributed by atoms with Crippen LogP contribution in [0.3, 0.4) is 0 Å².